The summed E-state index contributed by atoms with van der Waals surface area (Å²) in [7, 11) is 0. The van der Waals surface area contributed by atoms with Crippen LogP contribution in [0.5, 0.6) is 0 Å². The molecule has 1 saturated carbocycles. The first kappa shape index (κ1) is 23.7. The number of nitrogens with zero attached hydrogens (tertiary/aromatic N) is 6. The van der Waals surface area contributed by atoms with Crippen molar-refractivity contribution in [1.82, 2.24) is 29.0 Å². The molecule has 1 amide bonds. The highest BCUT2D eigenvalue weighted by Gasteiger charge is 2.31. The second-order valence-electron chi connectivity index (χ2n) is 10.1. The maximum Gasteiger partial charge on any atom is 0.256 e. The third-order valence-corrected chi connectivity index (χ3v) is 7.60. The smallest absolute Gasteiger partial charge is 0.256 e. The fourth-order valence-electron chi connectivity index (χ4n) is 5.37. The van der Waals surface area contributed by atoms with Crippen molar-refractivity contribution < 1.29 is 13.6 Å². The summed E-state index contributed by atoms with van der Waals surface area (Å²) in [6, 6.07) is 16.2. The summed E-state index contributed by atoms with van der Waals surface area (Å²) < 4.78 is 31.1. The number of halogens is 2. The van der Waals surface area contributed by atoms with E-state index in [0.29, 0.717) is 23.2 Å². The van der Waals surface area contributed by atoms with Crippen LogP contribution in [-0.4, -0.2) is 47.5 Å². The molecular weight excluding hydrogens is 500 g/mol. The number of rotatable bonds is 5. The van der Waals surface area contributed by atoms with Gasteiger partial charge in [0, 0.05) is 30.3 Å². The average Bonchev–Trinajstić information content (AvgIpc) is 3.48. The lowest BCUT2D eigenvalue weighted by atomic mass is 9.91. The fourth-order valence-corrected chi connectivity index (χ4v) is 5.37. The van der Waals surface area contributed by atoms with Gasteiger partial charge in [0.25, 0.3) is 5.91 Å². The summed E-state index contributed by atoms with van der Waals surface area (Å²) in [5, 5.41) is 7.53. The molecule has 0 bridgehead atoms. The number of benzene rings is 2. The zero-order chi connectivity index (χ0) is 26.5. The largest absolute Gasteiger partial charge is 0.324 e. The second-order valence-corrected chi connectivity index (χ2v) is 10.1. The Hall–Kier alpha value is -4.44. The van der Waals surface area contributed by atoms with Crippen molar-refractivity contribution in [3.63, 3.8) is 0 Å². The Labute approximate surface area is 222 Å². The van der Waals surface area contributed by atoms with Crippen LogP contribution in [0.15, 0.2) is 66.9 Å². The molecule has 0 radical (unpaired) electrons. The summed E-state index contributed by atoms with van der Waals surface area (Å²) in [6.45, 7) is 2.49. The Morgan fingerprint density at radius 3 is 2.56 bits per heavy atom. The van der Waals surface area contributed by atoms with Gasteiger partial charge in [-0.2, -0.15) is 5.10 Å². The van der Waals surface area contributed by atoms with E-state index in [4.69, 9.17) is 10.1 Å². The highest BCUT2D eigenvalue weighted by atomic mass is 19.1. The molecule has 5 aromatic rings. The summed E-state index contributed by atoms with van der Waals surface area (Å²) in [6.07, 6.45) is 5.37. The molecule has 4 heterocycles. The Kier molecular flexibility index (Phi) is 5.70. The van der Waals surface area contributed by atoms with Gasteiger partial charge in [0.2, 0.25) is 0 Å². The van der Waals surface area contributed by atoms with Gasteiger partial charge in [-0.25, -0.2) is 23.3 Å². The lowest BCUT2D eigenvalue weighted by Crippen LogP contribution is -2.44. The van der Waals surface area contributed by atoms with Crippen LogP contribution in [0.4, 0.5) is 14.6 Å². The van der Waals surface area contributed by atoms with E-state index in [1.54, 1.807) is 22.8 Å². The molecule has 3 aromatic heterocycles. The fraction of sp³-hybridized carbons (Fsp3) is 0.241. The first-order chi connectivity index (χ1) is 19.0. The Morgan fingerprint density at radius 2 is 1.79 bits per heavy atom. The monoisotopic (exact) mass is 525 g/mol. The molecule has 0 saturated heterocycles. The minimum Gasteiger partial charge on any atom is -0.324 e. The SMILES string of the molecule is O=C(Nc1cn2nc(-c3c(-c4ccc(F)cc4)nc4n3CCN(C3CCC3)C4)ccc2n1)c1cccc(F)c1. The number of imidazole rings is 2. The van der Waals surface area contributed by atoms with Crippen molar-refractivity contribution in [2.45, 2.75) is 38.4 Å². The summed E-state index contributed by atoms with van der Waals surface area (Å²) in [5.41, 5.74) is 3.88. The number of hydrogen-bond acceptors (Lipinski definition) is 5. The van der Waals surface area contributed by atoms with Gasteiger partial charge in [-0.15, -0.1) is 0 Å². The topological polar surface area (TPSA) is 80.3 Å². The van der Waals surface area contributed by atoms with Gasteiger partial charge in [0.05, 0.1) is 24.1 Å². The molecule has 1 aliphatic heterocycles. The Bertz CT molecular complexity index is 1700. The average molecular weight is 526 g/mol. The quantitative estimate of drug-likeness (QED) is 0.343. The van der Waals surface area contributed by atoms with Crippen molar-refractivity contribution >= 4 is 17.4 Å². The van der Waals surface area contributed by atoms with Crippen LogP contribution in [0.3, 0.4) is 0 Å². The molecule has 7 rings (SSSR count). The van der Waals surface area contributed by atoms with E-state index in [0.717, 1.165) is 42.4 Å². The van der Waals surface area contributed by atoms with Crippen LogP contribution < -0.4 is 5.32 Å². The molecule has 1 aliphatic carbocycles. The van der Waals surface area contributed by atoms with Crippen molar-refractivity contribution in [2.24, 2.45) is 0 Å². The van der Waals surface area contributed by atoms with Crippen molar-refractivity contribution in [3.05, 3.63) is 89.9 Å². The first-order valence-electron chi connectivity index (χ1n) is 13.0. The van der Waals surface area contributed by atoms with E-state index in [-0.39, 0.29) is 11.4 Å². The zero-order valence-corrected chi connectivity index (χ0v) is 21.0. The van der Waals surface area contributed by atoms with Gasteiger partial charge >= 0.3 is 0 Å². The van der Waals surface area contributed by atoms with Crippen LogP contribution >= 0.6 is 0 Å². The van der Waals surface area contributed by atoms with E-state index in [1.807, 2.05) is 12.1 Å². The first-order valence-corrected chi connectivity index (χ1v) is 13.0. The molecule has 10 heteroatoms. The molecule has 8 nitrogen and oxygen atoms in total. The van der Waals surface area contributed by atoms with E-state index in [2.05, 4.69) is 19.8 Å². The molecule has 39 heavy (non-hydrogen) atoms. The van der Waals surface area contributed by atoms with Crippen molar-refractivity contribution in [2.75, 3.05) is 11.9 Å². The van der Waals surface area contributed by atoms with Crippen LogP contribution in [0.25, 0.3) is 28.3 Å². The normalized spacial score (nSPS) is 15.7. The number of anilines is 1. The maximum absolute atomic E-state index is 13.7. The lowest BCUT2D eigenvalue weighted by Gasteiger charge is -2.39. The van der Waals surface area contributed by atoms with E-state index in [9.17, 15) is 13.6 Å². The molecular formula is C29H25F2N7O. The number of carbonyl (C=O) groups excluding carboxylic acids is 1. The van der Waals surface area contributed by atoms with Crippen LogP contribution in [0.1, 0.15) is 35.4 Å². The molecule has 2 aromatic carbocycles. The predicted octanol–water partition coefficient (Wildman–Crippen LogP) is 5.16. The van der Waals surface area contributed by atoms with Crippen LogP contribution in [0, 0.1) is 11.6 Å². The van der Waals surface area contributed by atoms with Crippen LogP contribution in [-0.2, 0) is 13.1 Å². The molecule has 0 unspecified atom stereocenters. The van der Waals surface area contributed by atoms with Crippen molar-refractivity contribution in [3.8, 4) is 22.6 Å². The van der Waals surface area contributed by atoms with Gasteiger partial charge in [0.1, 0.15) is 23.2 Å². The predicted molar refractivity (Wildman–Crippen MR) is 142 cm³/mol. The van der Waals surface area contributed by atoms with E-state index in [1.165, 1.54) is 55.7 Å². The lowest BCUT2D eigenvalue weighted by molar-refractivity contribution is 0.0960. The summed E-state index contributed by atoms with van der Waals surface area (Å²) in [5.74, 6) is 0.0295. The summed E-state index contributed by atoms with van der Waals surface area (Å²) in [4.78, 5) is 24.6. The minimum absolute atomic E-state index is 0.200. The molecule has 1 N–H and O–H groups in total. The highest BCUT2D eigenvalue weighted by Crippen LogP contribution is 2.36. The molecule has 1 fully saturated rings. The van der Waals surface area contributed by atoms with E-state index < -0.39 is 11.7 Å². The van der Waals surface area contributed by atoms with Gasteiger partial charge in [-0.3, -0.25) is 9.69 Å². The minimum atomic E-state index is -0.485. The third-order valence-electron chi connectivity index (χ3n) is 7.60. The van der Waals surface area contributed by atoms with Gasteiger partial charge in [0.15, 0.2) is 11.5 Å². The summed E-state index contributed by atoms with van der Waals surface area (Å²) >= 11 is 0. The zero-order valence-electron chi connectivity index (χ0n) is 21.0. The number of carbonyl (C=O) groups is 1. The molecule has 0 spiro atoms. The highest BCUT2D eigenvalue weighted by molar-refractivity contribution is 6.03. The number of nitrogens with one attached hydrogen (secondary N) is 1. The van der Waals surface area contributed by atoms with Crippen molar-refractivity contribution in [1.29, 1.82) is 0 Å². The number of hydrogen-bond donors (Lipinski definition) is 1. The molecule has 2 aliphatic rings. The second kappa shape index (κ2) is 9.39. The van der Waals surface area contributed by atoms with Gasteiger partial charge in [-0.1, -0.05) is 12.5 Å². The van der Waals surface area contributed by atoms with Gasteiger partial charge < -0.3 is 9.88 Å². The Morgan fingerprint density at radius 1 is 0.949 bits per heavy atom. The third kappa shape index (κ3) is 4.36. The molecule has 196 valence electrons. The number of fused-ring (bicyclic) bond motifs is 2. The van der Waals surface area contributed by atoms with E-state index >= 15 is 0 Å². The standard InChI is InChI=1S/C29H25F2N7O/c30-20-9-7-18(8-10-20)27-28(37-14-13-36(17-26(37)34-27)22-5-2-6-22)23-11-12-25-32-24(16-38(25)35-23)33-29(39)19-3-1-4-21(31)15-19/h1,3-4,7-12,15-16,22H,2,5-6,13-14,17H2,(H,33,39). The van der Waals surface area contributed by atoms with Gasteiger partial charge in [-0.05, 0) is 67.4 Å². The Balaban J connectivity index is 1.25. The number of amides is 1. The number of aromatic nitrogens is 5. The van der Waals surface area contributed by atoms with Crippen LogP contribution in [0.2, 0.25) is 0 Å². The molecule has 0 atom stereocenters. The maximum atomic E-state index is 13.7.